The molecule has 20 heavy (non-hydrogen) atoms. The summed E-state index contributed by atoms with van der Waals surface area (Å²) in [6, 6.07) is 0.874. The Morgan fingerprint density at radius 3 is 2.45 bits per heavy atom. The lowest BCUT2D eigenvalue weighted by Crippen LogP contribution is -2.27. The third-order valence-electron chi connectivity index (χ3n) is 2.24. The van der Waals surface area contributed by atoms with Crippen molar-refractivity contribution in [3.8, 4) is 0 Å². The van der Waals surface area contributed by atoms with Gasteiger partial charge in [-0.15, -0.1) is 0 Å². The molecule has 1 aromatic heterocycles. The molecule has 0 bridgehead atoms. The third kappa shape index (κ3) is 4.90. The third-order valence-corrected chi connectivity index (χ3v) is 2.24. The molecule has 0 aromatic carbocycles. The Labute approximate surface area is 114 Å². The van der Waals surface area contributed by atoms with Crippen LogP contribution in [0.2, 0.25) is 0 Å². The van der Waals surface area contributed by atoms with E-state index in [0.717, 1.165) is 6.07 Å². The summed E-state index contributed by atoms with van der Waals surface area (Å²) in [7, 11) is 3.17. The Hall–Kier alpha value is -2.06. The smallest absolute Gasteiger partial charge is 0.363 e. The molecule has 0 aliphatic rings. The summed E-state index contributed by atoms with van der Waals surface area (Å²) >= 11 is 0. The average molecular weight is 291 g/mol. The molecule has 9 heteroatoms. The van der Waals surface area contributed by atoms with Crippen molar-refractivity contribution in [3.63, 3.8) is 0 Å². The predicted molar refractivity (Wildman–Crippen MR) is 68.5 cm³/mol. The number of anilines is 2. The molecule has 0 aliphatic heterocycles. The quantitative estimate of drug-likeness (QED) is 0.795. The molecule has 0 spiro atoms. The highest BCUT2D eigenvalue weighted by Gasteiger charge is 2.33. The van der Waals surface area contributed by atoms with Gasteiger partial charge in [0, 0.05) is 40.2 Å². The summed E-state index contributed by atoms with van der Waals surface area (Å²) in [4.78, 5) is 19.5. The van der Waals surface area contributed by atoms with E-state index in [0.29, 0.717) is 0 Å². The van der Waals surface area contributed by atoms with Crippen LogP contribution in [0.1, 0.15) is 12.6 Å². The molecule has 1 aromatic rings. The van der Waals surface area contributed by atoms with Gasteiger partial charge in [0.25, 0.3) is 0 Å². The lowest BCUT2D eigenvalue weighted by molar-refractivity contribution is -0.141. The minimum absolute atomic E-state index is 0.131. The van der Waals surface area contributed by atoms with Crippen LogP contribution in [-0.2, 0) is 11.0 Å². The van der Waals surface area contributed by atoms with Crippen LogP contribution in [0, 0.1) is 0 Å². The minimum Gasteiger partial charge on any atom is -0.363 e. The van der Waals surface area contributed by atoms with Crippen molar-refractivity contribution >= 4 is 17.7 Å². The van der Waals surface area contributed by atoms with Gasteiger partial charge in [-0.3, -0.25) is 4.79 Å². The van der Waals surface area contributed by atoms with Gasteiger partial charge in [-0.1, -0.05) is 0 Å². The van der Waals surface area contributed by atoms with Crippen molar-refractivity contribution in [2.75, 3.05) is 37.4 Å². The number of amides is 1. The largest absolute Gasteiger partial charge is 0.433 e. The van der Waals surface area contributed by atoms with Crippen LogP contribution in [0.3, 0.4) is 0 Å². The normalized spacial score (nSPS) is 11.1. The summed E-state index contributed by atoms with van der Waals surface area (Å²) in [6.45, 7) is 1.85. The summed E-state index contributed by atoms with van der Waals surface area (Å²) in [6.07, 6.45) is -4.54. The molecule has 1 amide bonds. The number of rotatable bonds is 5. The fourth-order valence-corrected chi connectivity index (χ4v) is 1.30. The number of nitrogens with one attached hydrogen (secondary N) is 2. The summed E-state index contributed by atoms with van der Waals surface area (Å²) in [5, 5.41) is 5.15. The Morgan fingerprint density at radius 1 is 1.30 bits per heavy atom. The van der Waals surface area contributed by atoms with Gasteiger partial charge >= 0.3 is 6.18 Å². The summed E-state index contributed by atoms with van der Waals surface area (Å²) in [5.41, 5.74) is -1.02. The molecule has 2 N–H and O–H groups in total. The highest BCUT2D eigenvalue weighted by molar-refractivity contribution is 5.72. The van der Waals surface area contributed by atoms with E-state index >= 15 is 0 Å². The average Bonchev–Trinajstić information content (AvgIpc) is 2.33. The molecule has 0 atom stereocenters. The molecule has 0 saturated heterocycles. The van der Waals surface area contributed by atoms with Gasteiger partial charge in [-0.2, -0.15) is 18.2 Å². The number of hydrogen-bond donors (Lipinski definition) is 2. The van der Waals surface area contributed by atoms with E-state index in [9.17, 15) is 18.0 Å². The van der Waals surface area contributed by atoms with Gasteiger partial charge in [0.15, 0.2) is 5.69 Å². The van der Waals surface area contributed by atoms with Crippen LogP contribution in [0.4, 0.5) is 24.9 Å². The molecule has 6 nitrogen and oxygen atoms in total. The molecular weight excluding hydrogens is 275 g/mol. The molecule has 0 aliphatic carbocycles. The van der Waals surface area contributed by atoms with Crippen molar-refractivity contribution in [1.82, 2.24) is 15.3 Å². The van der Waals surface area contributed by atoms with Crippen LogP contribution >= 0.6 is 0 Å². The van der Waals surface area contributed by atoms with E-state index in [1.54, 1.807) is 14.1 Å². The minimum atomic E-state index is -4.54. The van der Waals surface area contributed by atoms with Gasteiger partial charge < -0.3 is 15.5 Å². The lowest BCUT2D eigenvalue weighted by Gasteiger charge is -2.15. The number of carbonyl (C=O) groups excluding carboxylic acids is 1. The second-order valence-electron chi connectivity index (χ2n) is 4.24. The van der Waals surface area contributed by atoms with Gasteiger partial charge in [0.1, 0.15) is 5.82 Å². The second kappa shape index (κ2) is 6.40. The monoisotopic (exact) mass is 291 g/mol. The molecule has 0 unspecified atom stereocenters. The van der Waals surface area contributed by atoms with E-state index in [1.165, 1.54) is 11.8 Å². The fraction of sp³-hybridized carbons (Fsp3) is 0.545. The highest BCUT2D eigenvalue weighted by atomic mass is 19.4. The molecule has 0 radical (unpaired) electrons. The number of carbonyl (C=O) groups is 1. The zero-order chi connectivity index (χ0) is 15.3. The maximum atomic E-state index is 12.7. The van der Waals surface area contributed by atoms with Crippen LogP contribution in [0.15, 0.2) is 6.07 Å². The zero-order valence-electron chi connectivity index (χ0n) is 11.4. The van der Waals surface area contributed by atoms with E-state index < -0.39 is 11.9 Å². The molecule has 0 fully saturated rings. The fourth-order valence-electron chi connectivity index (χ4n) is 1.30. The second-order valence-corrected chi connectivity index (χ2v) is 4.24. The molecule has 0 saturated carbocycles. The number of nitrogens with zero attached hydrogens (tertiary/aromatic N) is 3. The van der Waals surface area contributed by atoms with Crippen LogP contribution < -0.4 is 15.5 Å². The first-order valence-electron chi connectivity index (χ1n) is 5.82. The summed E-state index contributed by atoms with van der Waals surface area (Å²) in [5.74, 6) is -0.200. The Morgan fingerprint density at radius 2 is 1.95 bits per heavy atom. The number of hydrogen-bond acceptors (Lipinski definition) is 5. The lowest BCUT2D eigenvalue weighted by atomic mass is 10.3. The highest BCUT2D eigenvalue weighted by Crippen LogP contribution is 2.30. The van der Waals surface area contributed by atoms with Crippen LogP contribution in [0.25, 0.3) is 0 Å². The zero-order valence-corrected chi connectivity index (χ0v) is 11.4. The Bertz CT molecular complexity index is 476. The van der Waals surface area contributed by atoms with Crippen molar-refractivity contribution < 1.29 is 18.0 Å². The topological polar surface area (TPSA) is 70.2 Å². The van der Waals surface area contributed by atoms with E-state index in [-0.39, 0.29) is 30.8 Å². The first-order chi connectivity index (χ1) is 9.20. The van der Waals surface area contributed by atoms with Crippen LogP contribution in [0.5, 0.6) is 0 Å². The molecular formula is C11H16F3N5O. The van der Waals surface area contributed by atoms with Crippen molar-refractivity contribution in [2.45, 2.75) is 13.1 Å². The molecule has 112 valence electrons. The van der Waals surface area contributed by atoms with E-state index in [2.05, 4.69) is 20.6 Å². The van der Waals surface area contributed by atoms with Gasteiger partial charge in [-0.25, -0.2) is 4.98 Å². The molecule has 1 heterocycles. The number of alkyl halides is 3. The maximum absolute atomic E-state index is 12.7. The first-order valence-corrected chi connectivity index (χ1v) is 5.82. The van der Waals surface area contributed by atoms with Gasteiger partial charge in [-0.05, 0) is 0 Å². The SMILES string of the molecule is CC(=O)NCCNc1nc(N(C)C)cc(C(F)(F)F)n1. The standard InChI is InChI=1S/C11H16F3N5O/c1-7(20)15-4-5-16-10-17-8(11(12,13)14)6-9(18-10)19(2)3/h6H,4-5H2,1-3H3,(H,15,20)(H,16,17,18). The molecule has 1 rings (SSSR count). The van der Waals surface area contributed by atoms with Crippen molar-refractivity contribution in [3.05, 3.63) is 11.8 Å². The van der Waals surface area contributed by atoms with Crippen LogP contribution in [-0.4, -0.2) is 43.1 Å². The van der Waals surface area contributed by atoms with Gasteiger partial charge in [0.2, 0.25) is 11.9 Å². The summed E-state index contributed by atoms with van der Waals surface area (Å²) < 4.78 is 38.1. The van der Waals surface area contributed by atoms with Gasteiger partial charge in [0.05, 0.1) is 0 Å². The Balaban J connectivity index is 2.84. The predicted octanol–water partition coefficient (Wildman–Crippen LogP) is 1.11. The maximum Gasteiger partial charge on any atom is 0.433 e. The van der Waals surface area contributed by atoms with Crippen molar-refractivity contribution in [1.29, 1.82) is 0 Å². The number of aromatic nitrogens is 2. The van der Waals surface area contributed by atoms with E-state index in [4.69, 9.17) is 0 Å². The Kier molecular flexibility index (Phi) is 5.12. The number of halogens is 3. The van der Waals surface area contributed by atoms with Crippen molar-refractivity contribution in [2.24, 2.45) is 0 Å². The first kappa shape index (κ1) is 16.0. The van der Waals surface area contributed by atoms with E-state index in [1.807, 2.05) is 0 Å².